The number of carbonyl (C=O) groups is 1. The van der Waals surface area contributed by atoms with E-state index >= 15 is 0 Å². The molecule has 1 rings (SSSR count). The van der Waals surface area contributed by atoms with Crippen LogP contribution in [0.25, 0.3) is 0 Å². The highest BCUT2D eigenvalue weighted by Crippen LogP contribution is 2.24. The van der Waals surface area contributed by atoms with Gasteiger partial charge in [-0.3, -0.25) is 4.79 Å². The molecular formula is C9H10O3S. The molecule has 0 saturated heterocycles. The van der Waals surface area contributed by atoms with Gasteiger partial charge < -0.3 is 10.2 Å². The number of carboxylic acid groups (broad SMARTS) is 1. The summed E-state index contributed by atoms with van der Waals surface area (Å²) in [6, 6.07) is 6.35. The molecule has 3 nitrogen and oxygen atoms in total. The van der Waals surface area contributed by atoms with Gasteiger partial charge >= 0.3 is 5.97 Å². The first-order valence-electron chi connectivity index (χ1n) is 3.78. The second-order valence-corrected chi connectivity index (χ2v) is 3.33. The smallest absolute Gasteiger partial charge is 0.304 e. The van der Waals surface area contributed by atoms with Crippen LogP contribution in [-0.4, -0.2) is 16.2 Å². The molecule has 1 aromatic carbocycles. The predicted molar refractivity (Wildman–Crippen MR) is 52.1 cm³/mol. The van der Waals surface area contributed by atoms with Crippen molar-refractivity contribution in [1.29, 1.82) is 0 Å². The van der Waals surface area contributed by atoms with Crippen molar-refractivity contribution in [2.24, 2.45) is 0 Å². The first kappa shape index (κ1) is 9.92. The minimum Gasteiger partial charge on any atom is -0.508 e. The van der Waals surface area contributed by atoms with E-state index in [2.05, 4.69) is 12.6 Å². The average Bonchev–Trinajstić information content (AvgIpc) is 2.04. The lowest BCUT2D eigenvalue weighted by molar-refractivity contribution is -0.137. The molecule has 0 aromatic heterocycles. The number of carboxylic acids is 1. The number of aliphatic carboxylic acids is 1. The fourth-order valence-electron chi connectivity index (χ4n) is 0.980. The van der Waals surface area contributed by atoms with Crippen LogP contribution in [0.3, 0.4) is 0 Å². The van der Waals surface area contributed by atoms with Crippen LogP contribution in [0.15, 0.2) is 24.3 Å². The molecule has 0 heterocycles. The summed E-state index contributed by atoms with van der Waals surface area (Å²) in [6.45, 7) is 0. The van der Waals surface area contributed by atoms with E-state index in [0.29, 0.717) is 0 Å². The summed E-state index contributed by atoms with van der Waals surface area (Å²) in [4.78, 5) is 10.4. The zero-order valence-electron chi connectivity index (χ0n) is 6.84. The van der Waals surface area contributed by atoms with E-state index < -0.39 is 5.97 Å². The molecule has 0 aliphatic heterocycles. The van der Waals surface area contributed by atoms with Crippen molar-refractivity contribution in [3.63, 3.8) is 0 Å². The lowest BCUT2D eigenvalue weighted by Crippen LogP contribution is -2.00. The topological polar surface area (TPSA) is 57.5 Å². The first-order chi connectivity index (χ1) is 6.09. The number of phenols is 1. The van der Waals surface area contributed by atoms with Gasteiger partial charge in [0, 0.05) is 5.25 Å². The van der Waals surface area contributed by atoms with E-state index in [1.165, 1.54) is 12.1 Å². The quantitative estimate of drug-likeness (QED) is 0.649. The predicted octanol–water partition coefficient (Wildman–Crippen LogP) is 1.84. The molecule has 0 aliphatic carbocycles. The molecule has 0 radical (unpaired) electrons. The number of benzene rings is 1. The first-order valence-corrected chi connectivity index (χ1v) is 4.30. The minimum atomic E-state index is -0.881. The number of thiol groups is 1. The molecule has 0 fully saturated rings. The monoisotopic (exact) mass is 198 g/mol. The van der Waals surface area contributed by atoms with Gasteiger partial charge in [0.1, 0.15) is 5.75 Å². The number of aromatic hydroxyl groups is 1. The zero-order chi connectivity index (χ0) is 9.84. The number of hydrogen-bond donors (Lipinski definition) is 3. The van der Waals surface area contributed by atoms with E-state index in [-0.39, 0.29) is 17.4 Å². The molecule has 70 valence electrons. The summed E-state index contributed by atoms with van der Waals surface area (Å²) in [5.41, 5.74) is 0.795. The van der Waals surface area contributed by atoms with Crippen LogP contribution in [0.5, 0.6) is 5.75 Å². The van der Waals surface area contributed by atoms with Crippen molar-refractivity contribution in [3.8, 4) is 5.75 Å². The van der Waals surface area contributed by atoms with E-state index in [4.69, 9.17) is 10.2 Å². The van der Waals surface area contributed by atoms with E-state index in [9.17, 15) is 4.79 Å². The number of rotatable bonds is 3. The standard InChI is InChI=1S/C9H10O3S/c10-7-3-1-6(2-4-7)8(13)5-9(11)12/h1-4,8,10,13H,5H2,(H,11,12). The second-order valence-electron chi connectivity index (χ2n) is 2.71. The van der Waals surface area contributed by atoms with Gasteiger partial charge in [0.15, 0.2) is 0 Å². The van der Waals surface area contributed by atoms with Crippen molar-refractivity contribution in [2.75, 3.05) is 0 Å². The van der Waals surface area contributed by atoms with Crippen molar-refractivity contribution >= 4 is 18.6 Å². The maximum Gasteiger partial charge on any atom is 0.304 e. The van der Waals surface area contributed by atoms with Crippen LogP contribution in [0, 0.1) is 0 Å². The Morgan fingerprint density at radius 2 is 1.92 bits per heavy atom. The highest BCUT2D eigenvalue weighted by Gasteiger charge is 2.10. The van der Waals surface area contributed by atoms with Crippen LogP contribution >= 0.6 is 12.6 Å². The third-order valence-electron chi connectivity index (χ3n) is 1.65. The molecule has 0 amide bonds. The van der Waals surface area contributed by atoms with Crippen LogP contribution in [0.2, 0.25) is 0 Å². The summed E-state index contributed by atoms with van der Waals surface area (Å²) in [6.07, 6.45) is -0.0200. The molecule has 0 saturated carbocycles. The van der Waals surface area contributed by atoms with Gasteiger partial charge in [0.2, 0.25) is 0 Å². The van der Waals surface area contributed by atoms with Crippen LogP contribution < -0.4 is 0 Å². The fourth-order valence-corrected chi connectivity index (χ4v) is 1.31. The SMILES string of the molecule is O=C(O)CC(S)c1ccc(O)cc1. The maximum absolute atomic E-state index is 10.4. The van der Waals surface area contributed by atoms with E-state index in [1.807, 2.05) is 0 Å². The minimum absolute atomic E-state index is 0.0200. The molecule has 2 N–H and O–H groups in total. The number of phenolic OH excluding ortho intramolecular Hbond substituents is 1. The van der Waals surface area contributed by atoms with Gasteiger partial charge in [0.05, 0.1) is 6.42 Å². The summed E-state index contributed by atoms with van der Waals surface area (Å²) in [5, 5.41) is 17.2. The van der Waals surface area contributed by atoms with Crippen molar-refractivity contribution in [1.82, 2.24) is 0 Å². The lowest BCUT2D eigenvalue weighted by atomic mass is 10.1. The van der Waals surface area contributed by atoms with Gasteiger partial charge in [-0.1, -0.05) is 12.1 Å². The van der Waals surface area contributed by atoms with Gasteiger partial charge in [-0.2, -0.15) is 12.6 Å². The van der Waals surface area contributed by atoms with Gasteiger partial charge in [-0.15, -0.1) is 0 Å². The molecule has 0 spiro atoms. The van der Waals surface area contributed by atoms with Gasteiger partial charge in [0.25, 0.3) is 0 Å². The van der Waals surface area contributed by atoms with Crippen molar-refractivity contribution in [3.05, 3.63) is 29.8 Å². The molecule has 1 unspecified atom stereocenters. The Labute approximate surface area is 81.4 Å². The zero-order valence-corrected chi connectivity index (χ0v) is 7.74. The third-order valence-corrected chi connectivity index (χ3v) is 2.13. The molecule has 13 heavy (non-hydrogen) atoms. The Kier molecular flexibility index (Phi) is 3.19. The molecule has 4 heteroatoms. The van der Waals surface area contributed by atoms with E-state index in [1.54, 1.807) is 12.1 Å². The largest absolute Gasteiger partial charge is 0.508 e. The molecule has 0 aliphatic rings. The Morgan fingerprint density at radius 1 is 1.38 bits per heavy atom. The lowest BCUT2D eigenvalue weighted by Gasteiger charge is -2.07. The highest BCUT2D eigenvalue weighted by molar-refractivity contribution is 7.80. The van der Waals surface area contributed by atoms with E-state index in [0.717, 1.165) is 5.56 Å². The fraction of sp³-hybridized carbons (Fsp3) is 0.222. The van der Waals surface area contributed by atoms with Crippen molar-refractivity contribution < 1.29 is 15.0 Å². The van der Waals surface area contributed by atoms with Gasteiger partial charge in [-0.25, -0.2) is 0 Å². The summed E-state index contributed by atoms with van der Waals surface area (Å²) in [5.74, 6) is -0.715. The summed E-state index contributed by atoms with van der Waals surface area (Å²) in [7, 11) is 0. The summed E-state index contributed by atoms with van der Waals surface area (Å²) < 4.78 is 0. The molecule has 1 atom stereocenters. The Hall–Kier alpha value is -1.16. The Balaban J connectivity index is 2.71. The van der Waals surface area contributed by atoms with Crippen LogP contribution in [0.1, 0.15) is 17.2 Å². The van der Waals surface area contributed by atoms with Gasteiger partial charge in [-0.05, 0) is 17.7 Å². The number of hydrogen-bond acceptors (Lipinski definition) is 3. The Bertz CT molecular complexity index is 294. The highest BCUT2D eigenvalue weighted by atomic mass is 32.1. The molecule has 1 aromatic rings. The summed E-state index contributed by atoms with van der Waals surface area (Å²) >= 11 is 4.13. The molecular weight excluding hydrogens is 188 g/mol. The van der Waals surface area contributed by atoms with Crippen molar-refractivity contribution in [2.45, 2.75) is 11.7 Å². The normalized spacial score (nSPS) is 12.4. The third kappa shape index (κ3) is 2.99. The second kappa shape index (κ2) is 4.18. The average molecular weight is 198 g/mol. The van der Waals surface area contributed by atoms with Crippen LogP contribution in [0.4, 0.5) is 0 Å². The maximum atomic E-state index is 10.4. The molecule has 0 bridgehead atoms. The van der Waals surface area contributed by atoms with Crippen LogP contribution in [-0.2, 0) is 4.79 Å². The Morgan fingerprint density at radius 3 is 2.38 bits per heavy atom.